The summed E-state index contributed by atoms with van der Waals surface area (Å²) in [7, 11) is 0. The maximum absolute atomic E-state index is 11.9. The van der Waals surface area contributed by atoms with Gasteiger partial charge in [0.05, 0.1) is 0 Å². The van der Waals surface area contributed by atoms with Crippen molar-refractivity contribution in [3.05, 3.63) is 45.4 Å². The molecule has 78 valence electrons. The normalized spacial score (nSPS) is 11.9. The standard InChI is InChI=1S/C13H14OS/c1-13(2,3)12-8-10(14)9-6-4-5-7-11(9)15-12/h4-8H,1-3H3. The first-order chi connectivity index (χ1) is 6.98. The molecule has 0 bridgehead atoms. The number of hydrogen-bond donors (Lipinski definition) is 0. The van der Waals surface area contributed by atoms with Crippen molar-refractivity contribution in [2.75, 3.05) is 0 Å². The zero-order valence-corrected chi connectivity index (χ0v) is 10.0. The summed E-state index contributed by atoms with van der Waals surface area (Å²) in [4.78, 5) is 13.0. The maximum Gasteiger partial charge on any atom is 0.188 e. The molecule has 1 nitrogen and oxygen atoms in total. The van der Waals surface area contributed by atoms with Gasteiger partial charge in [-0.3, -0.25) is 4.79 Å². The van der Waals surface area contributed by atoms with Crippen LogP contribution in [0, 0.1) is 0 Å². The Kier molecular flexibility index (Phi) is 2.39. The Labute approximate surface area is 93.4 Å². The molecule has 0 fully saturated rings. The van der Waals surface area contributed by atoms with E-state index < -0.39 is 0 Å². The predicted octanol–water partition coefficient (Wildman–Crippen LogP) is 3.56. The van der Waals surface area contributed by atoms with Crippen molar-refractivity contribution in [3.8, 4) is 0 Å². The first kappa shape index (κ1) is 10.4. The maximum atomic E-state index is 11.9. The highest BCUT2D eigenvalue weighted by Gasteiger charge is 2.16. The molecule has 1 heterocycles. The fraction of sp³-hybridized carbons (Fsp3) is 0.308. The molecular formula is C13H14OS. The van der Waals surface area contributed by atoms with Crippen molar-refractivity contribution in [3.63, 3.8) is 0 Å². The highest BCUT2D eigenvalue weighted by Crippen LogP contribution is 2.28. The summed E-state index contributed by atoms with van der Waals surface area (Å²) in [5.41, 5.74) is 0.183. The Bertz CT molecular complexity index is 546. The van der Waals surface area contributed by atoms with E-state index in [0.717, 1.165) is 15.0 Å². The summed E-state index contributed by atoms with van der Waals surface area (Å²) < 4.78 is 1.08. The Morgan fingerprint density at radius 1 is 1.13 bits per heavy atom. The van der Waals surface area contributed by atoms with E-state index in [1.54, 1.807) is 17.4 Å². The van der Waals surface area contributed by atoms with Crippen LogP contribution in [0.15, 0.2) is 35.1 Å². The lowest BCUT2D eigenvalue weighted by molar-refractivity contribution is 0.603. The highest BCUT2D eigenvalue weighted by molar-refractivity contribution is 7.18. The fourth-order valence-electron chi connectivity index (χ4n) is 1.47. The van der Waals surface area contributed by atoms with E-state index in [2.05, 4.69) is 20.8 Å². The molecule has 2 aromatic rings. The molecule has 0 N–H and O–H groups in total. The third-order valence-corrected chi connectivity index (χ3v) is 3.90. The van der Waals surface area contributed by atoms with Crippen LogP contribution < -0.4 is 5.43 Å². The highest BCUT2D eigenvalue weighted by atomic mass is 32.1. The molecule has 2 heteroatoms. The van der Waals surface area contributed by atoms with Crippen LogP contribution in [-0.2, 0) is 5.41 Å². The molecule has 1 aromatic carbocycles. The second-order valence-electron chi connectivity index (χ2n) is 4.72. The van der Waals surface area contributed by atoms with Gasteiger partial charge in [-0.25, -0.2) is 0 Å². The molecule has 0 atom stereocenters. The Morgan fingerprint density at radius 2 is 1.80 bits per heavy atom. The third-order valence-electron chi connectivity index (χ3n) is 2.37. The van der Waals surface area contributed by atoms with Crippen molar-refractivity contribution in [1.82, 2.24) is 0 Å². The molecule has 0 aliphatic heterocycles. The summed E-state index contributed by atoms with van der Waals surface area (Å²) in [5, 5.41) is 0.829. The quantitative estimate of drug-likeness (QED) is 0.660. The predicted molar refractivity (Wildman–Crippen MR) is 66.8 cm³/mol. The van der Waals surface area contributed by atoms with Gasteiger partial charge in [0.1, 0.15) is 0 Å². The van der Waals surface area contributed by atoms with Gasteiger partial charge >= 0.3 is 0 Å². The van der Waals surface area contributed by atoms with Crippen LogP contribution in [0.3, 0.4) is 0 Å². The topological polar surface area (TPSA) is 17.1 Å². The van der Waals surface area contributed by atoms with E-state index in [4.69, 9.17) is 0 Å². The van der Waals surface area contributed by atoms with Crippen LogP contribution in [0.5, 0.6) is 0 Å². The lowest BCUT2D eigenvalue weighted by Crippen LogP contribution is -2.13. The average Bonchev–Trinajstić information content (AvgIpc) is 2.16. The SMILES string of the molecule is CC(C)(C)c1cc(=O)c2ccccc2s1. The number of fused-ring (bicyclic) bond motifs is 1. The van der Waals surface area contributed by atoms with Crippen LogP contribution in [0.1, 0.15) is 25.6 Å². The molecule has 0 unspecified atom stereocenters. The van der Waals surface area contributed by atoms with Crippen LogP contribution in [0.25, 0.3) is 10.1 Å². The van der Waals surface area contributed by atoms with Crippen molar-refractivity contribution < 1.29 is 0 Å². The number of rotatable bonds is 0. The minimum absolute atomic E-state index is 0.0495. The second-order valence-corrected chi connectivity index (χ2v) is 5.80. The van der Waals surface area contributed by atoms with Gasteiger partial charge in [0, 0.05) is 15.0 Å². The Hall–Kier alpha value is -1.15. The smallest absolute Gasteiger partial charge is 0.188 e. The summed E-state index contributed by atoms with van der Waals surface area (Å²) in [6.45, 7) is 6.40. The molecule has 0 spiro atoms. The molecule has 1 aromatic heterocycles. The van der Waals surface area contributed by atoms with Gasteiger partial charge < -0.3 is 0 Å². The monoisotopic (exact) mass is 218 g/mol. The van der Waals surface area contributed by atoms with E-state index in [9.17, 15) is 4.79 Å². The molecule has 0 saturated heterocycles. The van der Waals surface area contributed by atoms with E-state index in [0.29, 0.717) is 0 Å². The summed E-state index contributed by atoms with van der Waals surface area (Å²) >= 11 is 1.71. The molecule has 0 aliphatic rings. The van der Waals surface area contributed by atoms with Gasteiger partial charge in [-0.1, -0.05) is 32.9 Å². The van der Waals surface area contributed by atoms with Crippen molar-refractivity contribution >= 4 is 21.4 Å². The Balaban J connectivity index is 2.79. The van der Waals surface area contributed by atoms with Gasteiger partial charge in [-0.15, -0.1) is 11.3 Å². The zero-order valence-electron chi connectivity index (χ0n) is 9.20. The average molecular weight is 218 g/mol. The second kappa shape index (κ2) is 3.46. The van der Waals surface area contributed by atoms with Gasteiger partial charge in [0.15, 0.2) is 5.43 Å². The molecule has 0 radical (unpaired) electrons. The van der Waals surface area contributed by atoms with E-state index >= 15 is 0 Å². The first-order valence-electron chi connectivity index (χ1n) is 5.02. The number of hydrogen-bond acceptors (Lipinski definition) is 2. The van der Waals surface area contributed by atoms with Crippen LogP contribution in [0.4, 0.5) is 0 Å². The Morgan fingerprint density at radius 3 is 2.47 bits per heavy atom. The molecule has 0 aliphatic carbocycles. The van der Waals surface area contributed by atoms with Gasteiger partial charge in [0.25, 0.3) is 0 Å². The van der Waals surface area contributed by atoms with Crippen LogP contribution in [0.2, 0.25) is 0 Å². The lowest BCUT2D eigenvalue weighted by Gasteiger charge is -2.17. The van der Waals surface area contributed by atoms with Gasteiger partial charge in [0.2, 0.25) is 0 Å². The minimum atomic E-state index is 0.0495. The largest absolute Gasteiger partial charge is 0.289 e. The van der Waals surface area contributed by atoms with E-state index in [1.165, 1.54) is 0 Å². The van der Waals surface area contributed by atoms with Crippen LogP contribution in [-0.4, -0.2) is 0 Å². The molecular weight excluding hydrogens is 204 g/mol. The minimum Gasteiger partial charge on any atom is -0.289 e. The summed E-state index contributed by atoms with van der Waals surface area (Å²) in [6.07, 6.45) is 0. The van der Waals surface area contributed by atoms with Gasteiger partial charge in [-0.2, -0.15) is 0 Å². The van der Waals surface area contributed by atoms with Crippen molar-refractivity contribution in [1.29, 1.82) is 0 Å². The molecule has 0 amide bonds. The summed E-state index contributed by atoms with van der Waals surface area (Å²) in [6, 6.07) is 9.56. The molecule has 0 saturated carbocycles. The third kappa shape index (κ3) is 1.95. The van der Waals surface area contributed by atoms with Crippen molar-refractivity contribution in [2.45, 2.75) is 26.2 Å². The summed E-state index contributed by atoms with van der Waals surface area (Å²) in [5.74, 6) is 0. The van der Waals surface area contributed by atoms with Gasteiger partial charge in [-0.05, 0) is 23.6 Å². The molecule has 15 heavy (non-hydrogen) atoms. The number of benzene rings is 1. The fourth-order valence-corrected chi connectivity index (χ4v) is 2.61. The lowest BCUT2D eigenvalue weighted by atomic mass is 9.94. The zero-order chi connectivity index (χ0) is 11.1. The van der Waals surface area contributed by atoms with Crippen molar-refractivity contribution in [2.24, 2.45) is 0 Å². The van der Waals surface area contributed by atoms with Crippen LogP contribution >= 0.6 is 11.3 Å². The first-order valence-corrected chi connectivity index (χ1v) is 5.83. The molecule has 2 rings (SSSR count). The van der Waals surface area contributed by atoms with E-state index in [1.807, 2.05) is 24.3 Å². The van der Waals surface area contributed by atoms with E-state index in [-0.39, 0.29) is 10.8 Å².